The van der Waals surface area contributed by atoms with E-state index in [4.69, 9.17) is 0 Å². The van der Waals surface area contributed by atoms with Gasteiger partial charge in [0.1, 0.15) is 0 Å². The predicted octanol–water partition coefficient (Wildman–Crippen LogP) is 4.98. The zero-order valence-corrected chi connectivity index (χ0v) is 14.2. The van der Waals surface area contributed by atoms with E-state index < -0.39 is 0 Å². The molecule has 3 aromatic rings. The number of rotatable bonds is 4. The Bertz CT molecular complexity index is 833. The minimum atomic E-state index is 0.0772. The molecule has 0 amide bonds. The molecule has 0 aliphatic carbocycles. The van der Waals surface area contributed by atoms with Gasteiger partial charge in [-0.3, -0.25) is 9.89 Å². The van der Waals surface area contributed by atoms with Crippen LogP contribution in [0.4, 0.5) is 0 Å². The number of Topliss-reactive ketones (excluding diaryl/α,β-unsaturated/α-hetero) is 1. The summed E-state index contributed by atoms with van der Waals surface area (Å²) in [7, 11) is 0. The monoisotopic (exact) mass is 322 g/mol. The van der Waals surface area contributed by atoms with Crippen LogP contribution in [0.1, 0.15) is 23.0 Å². The molecule has 0 bridgehead atoms. The summed E-state index contributed by atoms with van der Waals surface area (Å²) in [5, 5.41) is 7.51. The molecule has 1 aromatic heterocycles. The van der Waals surface area contributed by atoms with Crippen molar-refractivity contribution in [2.75, 3.05) is 6.26 Å². The van der Waals surface area contributed by atoms with Gasteiger partial charge in [-0.2, -0.15) is 5.10 Å². The molecule has 0 spiro atoms. The van der Waals surface area contributed by atoms with Crippen LogP contribution in [0.3, 0.4) is 0 Å². The van der Waals surface area contributed by atoms with Crippen LogP contribution in [-0.4, -0.2) is 22.2 Å². The second kappa shape index (κ2) is 6.42. The molecule has 3 rings (SSSR count). The molecule has 0 saturated carbocycles. The van der Waals surface area contributed by atoms with Crippen molar-refractivity contribution in [2.24, 2.45) is 0 Å². The van der Waals surface area contributed by atoms with Crippen molar-refractivity contribution in [3.05, 3.63) is 59.8 Å². The fourth-order valence-electron chi connectivity index (χ4n) is 2.62. The lowest BCUT2D eigenvalue weighted by atomic mass is 9.98. The Morgan fingerprint density at radius 1 is 1.00 bits per heavy atom. The molecule has 4 heteroatoms. The Morgan fingerprint density at radius 2 is 1.61 bits per heavy atom. The molecular formula is C19H18N2OS. The highest BCUT2D eigenvalue weighted by Gasteiger charge is 2.14. The van der Waals surface area contributed by atoms with Gasteiger partial charge in [0.25, 0.3) is 0 Å². The Hall–Kier alpha value is -2.33. The van der Waals surface area contributed by atoms with Crippen molar-refractivity contribution in [2.45, 2.75) is 18.7 Å². The van der Waals surface area contributed by atoms with Crippen LogP contribution in [-0.2, 0) is 0 Å². The molecular weight excluding hydrogens is 304 g/mol. The minimum absolute atomic E-state index is 0.0772. The third-order valence-electron chi connectivity index (χ3n) is 3.91. The number of hydrogen-bond donors (Lipinski definition) is 1. The lowest BCUT2D eigenvalue weighted by Gasteiger charge is -2.07. The highest BCUT2D eigenvalue weighted by molar-refractivity contribution is 7.98. The molecule has 0 aliphatic rings. The fourth-order valence-corrected chi connectivity index (χ4v) is 3.03. The Labute approximate surface area is 140 Å². The lowest BCUT2D eigenvalue weighted by Crippen LogP contribution is -1.91. The van der Waals surface area contributed by atoms with Gasteiger partial charge in [-0.25, -0.2) is 0 Å². The third-order valence-corrected chi connectivity index (χ3v) is 4.65. The van der Waals surface area contributed by atoms with Gasteiger partial charge in [0.2, 0.25) is 0 Å². The van der Waals surface area contributed by atoms with E-state index in [0.717, 1.165) is 33.6 Å². The number of carbonyl (C=O) groups excluding carboxylic acids is 1. The van der Waals surface area contributed by atoms with Crippen LogP contribution in [0.5, 0.6) is 0 Å². The van der Waals surface area contributed by atoms with Crippen molar-refractivity contribution >= 4 is 17.5 Å². The summed E-state index contributed by atoms with van der Waals surface area (Å²) in [6.45, 7) is 3.57. The lowest BCUT2D eigenvalue weighted by molar-refractivity contribution is 0.101. The van der Waals surface area contributed by atoms with E-state index in [0.29, 0.717) is 0 Å². The number of H-pyrrole nitrogens is 1. The maximum atomic E-state index is 11.4. The Kier molecular flexibility index (Phi) is 4.35. The normalized spacial score (nSPS) is 10.7. The molecule has 0 fully saturated rings. The van der Waals surface area contributed by atoms with E-state index >= 15 is 0 Å². The molecule has 0 unspecified atom stereocenters. The average Bonchev–Trinajstić information content (AvgIpc) is 2.96. The van der Waals surface area contributed by atoms with Crippen LogP contribution >= 0.6 is 11.8 Å². The maximum absolute atomic E-state index is 11.4. The summed E-state index contributed by atoms with van der Waals surface area (Å²) in [5.74, 6) is 0.0772. The standard InChI is InChI=1S/C19H18N2OS/c1-12-18(15-6-4-14(5-7-15)13(2)22)19(21-20-12)16-8-10-17(23-3)11-9-16/h4-11H,1-3H3,(H,20,21). The summed E-state index contributed by atoms with van der Waals surface area (Å²) in [4.78, 5) is 12.7. The Morgan fingerprint density at radius 3 is 2.17 bits per heavy atom. The molecule has 116 valence electrons. The largest absolute Gasteiger partial charge is 0.295 e. The minimum Gasteiger partial charge on any atom is -0.295 e. The zero-order chi connectivity index (χ0) is 16.4. The summed E-state index contributed by atoms with van der Waals surface area (Å²) in [6.07, 6.45) is 2.07. The molecule has 1 N–H and O–H groups in total. The number of aromatic nitrogens is 2. The first kappa shape index (κ1) is 15.6. The van der Waals surface area contributed by atoms with Crippen molar-refractivity contribution in [3.8, 4) is 22.4 Å². The van der Waals surface area contributed by atoms with E-state index in [1.54, 1.807) is 18.7 Å². The van der Waals surface area contributed by atoms with Crippen LogP contribution in [0.15, 0.2) is 53.4 Å². The highest BCUT2D eigenvalue weighted by Crippen LogP contribution is 2.33. The number of hydrogen-bond acceptors (Lipinski definition) is 3. The SMILES string of the molecule is CSc1ccc(-c2[nH]nc(C)c2-c2ccc(C(C)=O)cc2)cc1. The van der Waals surface area contributed by atoms with E-state index in [1.807, 2.05) is 31.2 Å². The van der Waals surface area contributed by atoms with Crippen LogP contribution in [0.25, 0.3) is 22.4 Å². The summed E-state index contributed by atoms with van der Waals surface area (Å²) in [6, 6.07) is 16.1. The maximum Gasteiger partial charge on any atom is 0.159 e. The van der Waals surface area contributed by atoms with E-state index in [2.05, 4.69) is 40.7 Å². The fraction of sp³-hybridized carbons (Fsp3) is 0.158. The first-order chi connectivity index (χ1) is 11.1. The number of thioether (sulfide) groups is 1. The smallest absolute Gasteiger partial charge is 0.159 e. The number of nitrogens with zero attached hydrogens (tertiary/aromatic N) is 1. The number of carbonyl (C=O) groups is 1. The first-order valence-corrected chi connectivity index (χ1v) is 8.63. The molecule has 0 saturated heterocycles. The molecule has 1 heterocycles. The van der Waals surface area contributed by atoms with Crippen molar-refractivity contribution in [1.29, 1.82) is 0 Å². The van der Waals surface area contributed by atoms with Crippen LogP contribution in [0, 0.1) is 6.92 Å². The second-order valence-corrected chi connectivity index (χ2v) is 6.30. The quantitative estimate of drug-likeness (QED) is 0.544. The van der Waals surface area contributed by atoms with Crippen LogP contribution < -0.4 is 0 Å². The average molecular weight is 322 g/mol. The summed E-state index contributed by atoms with van der Waals surface area (Å²) >= 11 is 1.73. The zero-order valence-electron chi connectivity index (χ0n) is 13.4. The van der Waals surface area contributed by atoms with Gasteiger partial charge in [0.05, 0.1) is 11.4 Å². The van der Waals surface area contributed by atoms with Gasteiger partial charge in [-0.05, 0) is 37.8 Å². The summed E-state index contributed by atoms with van der Waals surface area (Å²) < 4.78 is 0. The molecule has 23 heavy (non-hydrogen) atoms. The van der Waals surface area contributed by atoms with E-state index in [1.165, 1.54) is 4.90 Å². The van der Waals surface area contributed by atoms with Gasteiger partial charge in [-0.15, -0.1) is 11.8 Å². The van der Waals surface area contributed by atoms with Gasteiger partial charge < -0.3 is 0 Å². The van der Waals surface area contributed by atoms with Crippen molar-refractivity contribution < 1.29 is 4.79 Å². The number of benzene rings is 2. The van der Waals surface area contributed by atoms with Gasteiger partial charge >= 0.3 is 0 Å². The first-order valence-electron chi connectivity index (χ1n) is 7.41. The van der Waals surface area contributed by atoms with E-state index in [9.17, 15) is 4.79 Å². The van der Waals surface area contributed by atoms with Gasteiger partial charge in [0.15, 0.2) is 5.78 Å². The number of ketones is 1. The molecule has 3 nitrogen and oxygen atoms in total. The van der Waals surface area contributed by atoms with Gasteiger partial charge in [0, 0.05) is 21.6 Å². The number of aryl methyl sites for hydroxylation is 1. The molecule has 2 aromatic carbocycles. The number of aromatic amines is 1. The second-order valence-electron chi connectivity index (χ2n) is 5.42. The molecule has 0 radical (unpaired) electrons. The van der Waals surface area contributed by atoms with Crippen molar-refractivity contribution in [3.63, 3.8) is 0 Å². The molecule has 0 aliphatic heterocycles. The highest BCUT2D eigenvalue weighted by atomic mass is 32.2. The topological polar surface area (TPSA) is 45.8 Å². The van der Waals surface area contributed by atoms with E-state index in [-0.39, 0.29) is 5.78 Å². The molecule has 0 atom stereocenters. The van der Waals surface area contributed by atoms with Crippen LogP contribution in [0.2, 0.25) is 0 Å². The third kappa shape index (κ3) is 3.08. The van der Waals surface area contributed by atoms with Crippen molar-refractivity contribution in [1.82, 2.24) is 10.2 Å². The Balaban J connectivity index is 2.05. The van der Waals surface area contributed by atoms with Gasteiger partial charge in [-0.1, -0.05) is 36.4 Å². The summed E-state index contributed by atoms with van der Waals surface area (Å²) in [5.41, 5.74) is 5.92. The predicted molar refractivity (Wildman–Crippen MR) is 96.0 cm³/mol. The number of nitrogens with one attached hydrogen (secondary N) is 1.